The summed E-state index contributed by atoms with van der Waals surface area (Å²) in [6, 6.07) is 7.43. The number of amidine groups is 1. The minimum atomic E-state index is -0.494. The molecule has 1 aromatic carbocycles. The van der Waals surface area contributed by atoms with E-state index >= 15 is 0 Å². The van der Waals surface area contributed by atoms with Crippen molar-refractivity contribution >= 4 is 23.1 Å². The zero-order valence-electron chi connectivity index (χ0n) is 12.1. The lowest BCUT2D eigenvalue weighted by Gasteiger charge is -2.14. The van der Waals surface area contributed by atoms with E-state index in [0.29, 0.717) is 5.69 Å². The molecule has 5 nitrogen and oxygen atoms in total. The van der Waals surface area contributed by atoms with Gasteiger partial charge in [0.1, 0.15) is 11.9 Å². The van der Waals surface area contributed by atoms with Gasteiger partial charge in [-0.1, -0.05) is 12.1 Å². The zero-order chi connectivity index (χ0) is 14.4. The standard InChI is InChI=1S/C14H21N3O2/c1-10(19-5)14(18)16-13-9-7-6-8-12(13)15-11(2)17(3)4/h6-10H,1-5H3,(H,16,18)/b15-11+. The molecule has 0 fully saturated rings. The Balaban J connectivity index is 2.97. The summed E-state index contributed by atoms with van der Waals surface area (Å²) in [6.07, 6.45) is -0.494. The quantitative estimate of drug-likeness (QED) is 0.669. The van der Waals surface area contributed by atoms with Crippen LogP contribution in [0, 0.1) is 0 Å². The van der Waals surface area contributed by atoms with E-state index in [9.17, 15) is 4.79 Å². The highest BCUT2D eigenvalue weighted by Gasteiger charge is 2.13. The highest BCUT2D eigenvalue weighted by molar-refractivity contribution is 5.97. The molecule has 1 N–H and O–H groups in total. The Bertz CT molecular complexity index is 470. The number of rotatable bonds is 4. The van der Waals surface area contributed by atoms with Crippen molar-refractivity contribution in [2.24, 2.45) is 4.99 Å². The molecule has 1 rings (SSSR count). The van der Waals surface area contributed by atoms with Crippen LogP contribution in [0.25, 0.3) is 0 Å². The van der Waals surface area contributed by atoms with E-state index in [1.165, 1.54) is 7.11 Å². The van der Waals surface area contributed by atoms with Crippen LogP contribution in [0.1, 0.15) is 13.8 Å². The largest absolute Gasteiger partial charge is 0.372 e. The van der Waals surface area contributed by atoms with Gasteiger partial charge in [0.25, 0.3) is 5.91 Å². The predicted octanol–water partition coefficient (Wildman–Crippen LogP) is 2.27. The number of anilines is 1. The molecule has 0 radical (unpaired) electrons. The van der Waals surface area contributed by atoms with Crippen molar-refractivity contribution in [3.05, 3.63) is 24.3 Å². The van der Waals surface area contributed by atoms with Crippen LogP contribution in [0.3, 0.4) is 0 Å². The van der Waals surface area contributed by atoms with E-state index < -0.39 is 6.10 Å². The number of nitrogens with zero attached hydrogens (tertiary/aromatic N) is 2. The van der Waals surface area contributed by atoms with E-state index in [1.807, 2.05) is 50.2 Å². The number of benzene rings is 1. The SMILES string of the molecule is COC(C)C(=O)Nc1ccccc1/N=C(\C)N(C)C. The number of carbonyl (C=O) groups excluding carboxylic acids is 1. The van der Waals surface area contributed by atoms with E-state index in [4.69, 9.17) is 4.74 Å². The van der Waals surface area contributed by atoms with Gasteiger partial charge in [-0.2, -0.15) is 0 Å². The Hall–Kier alpha value is -1.88. The van der Waals surface area contributed by atoms with E-state index in [1.54, 1.807) is 6.92 Å². The first-order chi connectivity index (χ1) is 8.95. The summed E-state index contributed by atoms with van der Waals surface area (Å²) in [7, 11) is 5.35. The second kappa shape index (κ2) is 6.89. The van der Waals surface area contributed by atoms with Gasteiger partial charge in [-0.05, 0) is 26.0 Å². The third kappa shape index (κ3) is 4.37. The molecule has 0 aliphatic rings. The fourth-order valence-corrected chi connectivity index (χ4v) is 1.29. The summed E-state index contributed by atoms with van der Waals surface area (Å²) in [5.41, 5.74) is 1.41. The molecular weight excluding hydrogens is 242 g/mol. The van der Waals surface area contributed by atoms with E-state index in [-0.39, 0.29) is 5.91 Å². The first kappa shape index (κ1) is 15.2. The number of methoxy groups -OCH3 is 1. The fourth-order valence-electron chi connectivity index (χ4n) is 1.29. The van der Waals surface area contributed by atoms with Crippen molar-refractivity contribution in [2.45, 2.75) is 20.0 Å². The van der Waals surface area contributed by atoms with Gasteiger partial charge in [0, 0.05) is 21.2 Å². The minimum Gasteiger partial charge on any atom is -0.372 e. The second-order valence-electron chi connectivity index (χ2n) is 4.44. The Labute approximate surface area is 114 Å². The second-order valence-corrected chi connectivity index (χ2v) is 4.44. The first-order valence-electron chi connectivity index (χ1n) is 6.11. The monoisotopic (exact) mass is 263 g/mol. The number of nitrogens with one attached hydrogen (secondary N) is 1. The van der Waals surface area contributed by atoms with E-state index in [2.05, 4.69) is 10.3 Å². The highest BCUT2D eigenvalue weighted by atomic mass is 16.5. The topological polar surface area (TPSA) is 53.9 Å². The molecule has 0 aromatic heterocycles. The van der Waals surface area contributed by atoms with Crippen molar-refractivity contribution in [2.75, 3.05) is 26.5 Å². The van der Waals surface area contributed by atoms with Crippen LogP contribution in [0.4, 0.5) is 11.4 Å². The summed E-state index contributed by atoms with van der Waals surface area (Å²) in [6.45, 7) is 3.61. The zero-order valence-corrected chi connectivity index (χ0v) is 12.1. The number of para-hydroxylation sites is 2. The number of carbonyl (C=O) groups is 1. The molecule has 0 spiro atoms. The maximum atomic E-state index is 11.8. The highest BCUT2D eigenvalue weighted by Crippen LogP contribution is 2.24. The molecule has 0 heterocycles. The molecule has 1 aromatic rings. The molecule has 0 saturated heterocycles. The Morgan fingerprint density at radius 1 is 1.37 bits per heavy atom. The number of aliphatic imine (C=N–C) groups is 1. The van der Waals surface area contributed by atoms with Crippen LogP contribution < -0.4 is 5.32 Å². The molecule has 1 atom stereocenters. The number of hydrogen-bond acceptors (Lipinski definition) is 3. The molecular formula is C14H21N3O2. The van der Waals surface area contributed by atoms with Gasteiger partial charge in [-0.3, -0.25) is 4.79 Å². The molecule has 5 heteroatoms. The average Bonchev–Trinajstić information content (AvgIpc) is 2.39. The van der Waals surface area contributed by atoms with Gasteiger partial charge >= 0.3 is 0 Å². The molecule has 19 heavy (non-hydrogen) atoms. The number of amides is 1. The summed E-state index contributed by atoms with van der Waals surface area (Å²) < 4.78 is 4.99. The van der Waals surface area contributed by atoms with Crippen molar-refractivity contribution in [3.8, 4) is 0 Å². The normalized spacial score (nSPS) is 13.0. The Kier molecular flexibility index (Phi) is 5.51. The van der Waals surface area contributed by atoms with Crippen LogP contribution in [0.2, 0.25) is 0 Å². The molecule has 1 amide bonds. The number of hydrogen-bond donors (Lipinski definition) is 1. The molecule has 0 aliphatic heterocycles. The summed E-state index contributed by atoms with van der Waals surface area (Å²) in [5.74, 6) is 0.675. The lowest BCUT2D eigenvalue weighted by molar-refractivity contribution is -0.124. The van der Waals surface area contributed by atoms with Crippen LogP contribution in [0.5, 0.6) is 0 Å². The van der Waals surface area contributed by atoms with Gasteiger partial charge in [0.05, 0.1) is 11.4 Å². The fraction of sp³-hybridized carbons (Fsp3) is 0.429. The first-order valence-corrected chi connectivity index (χ1v) is 6.11. The van der Waals surface area contributed by atoms with Crippen LogP contribution >= 0.6 is 0 Å². The van der Waals surface area contributed by atoms with Gasteiger partial charge in [-0.25, -0.2) is 4.99 Å². The maximum absolute atomic E-state index is 11.8. The van der Waals surface area contributed by atoms with Crippen molar-refractivity contribution < 1.29 is 9.53 Å². The van der Waals surface area contributed by atoms with Crippen molar-refractivity contribution in [1.29, 1.82) is 0 Å². The van der Waals surface area contributed by atoms with Crippen molar-refractivity contribution in [3.63, 3.8) is 0 Å². The average molecular weight is 263 g/mol. The third-order valence-electron chi connectivity index (χ3n) is 2.81. The van der Waals surface area contributed by atoms with Gasteiger partial charge in [0.2, 0.25) is 0 Å². The van der Waals surface area contributed by atoms with Gasteiger partial charge < -0.3 is 15.0 Å². The molecule has 0 saturated carbocycles. The van der Waals surface area contributed by atoms with Gasteiger partial charge in [0.15, 0.2) is 0 Å². The number of ether oxygens (including phenoxy) is 1. The smallest absolute Gasteiger partial charge is 0.253 e. The Morgan fingerprint density at radius 3 is 2.58 bits per heavy atom. The lowest BCUT2D eigenvalue weighted by Crippen LogP contribution is -2.26. The van der Waals surface area contributed by atoms with Crippen molar-refractivity contribution in [1.82, 2.24) is 4.90 Å². The summed E-state index contributed by atoms with van der Waals surface area (Å²) in [4.78, 5) is 18.2. The lowest BCUT2D eigenvalue weighted by atomic mass is 10.2. The van der Waals surface area contributed by atoms with Gasteiger partial charge in [-0.15, -0.1) is 0 Å². The summed E-state index contributed by atoms with van der Waals surface area (Å²) in [5, 5.41) is 2.82. The third-order valence-corrected chi connectivity index (χ3v) is 2.81. The molecule has 0 aliphatic carbocycles. The van der Waals surface area contributed by atoms with Crippen LogP contribution in [-0.4, -0.2) is 44.0 Å². The molecule has 1 unspecified atom stereocenters. The van der Waals surface area contributed by atoms with E-state index in [0.717, 1.165) is 11.5 Å². The van der Waals surface area contributed by atoms with Crippen LogP contribution in [-0.2, 0) is 9.53 Å². The predicted molar refractivity (Wildman–Crippen MR) is 78.0 cm³/mol. The Morgan fingerprint density at radius 2 is 2.00 bits per heavy atom. The summed E-state index contributed by atoms with van der Waals surface area (Å²) >= 11 is 0. The maximum Gasteiger partial charge on any atom is 0.253 e. The van der Waals surface area contributed by atoms with Crippen LogP contribution in [0.15, 0.2) is 29.3 Å². The molecule has 104 valence electrons. The molecule has 0 bridgehead atoms. The minimum absolute atomic E-state index is 0.187.